The number of rotatable bonds is 6. The molecule has 0 radical (unpaired) electrons. The Labute approximate surface area is 121 Å². The van der Waals surface area contributed by atoms with Gasteiger partial charge >= 0.3 is 0 Å². The van der Waals surface area contributed by atoms with Crippen molar-refractivity contribution in [2.24, 2.45) is 0 Å². The van der Waals surface area contributed by atoms with Gasteiger partial charge < -0.3 is 5.11 Å². The Morgan fingerprint density at radius 3 is 2.05 bits per heavy atom. The monoisotopic (exact) mass is 269 g/mol. The first-order valence-electron chi connectivity index (χ1n) is 7.16. The van der Waals surface area contributed by atoms with Crippen LogP contribution in [0.1, 0.15) is 25.0 Å². The molecule has 106 valence electrons. The predicted octanol–water partition coefficient (Wildman–Crippen LogP) is 3.42. The smallest absolute Gasteiger partial charge is 0.0994 e. The van der Waals surface area contributed by atoms with Crippen molar-refractivity contribution in [3.05, 3.63) is 71.8 Å². The fourth-order valence-electron chi connectivity index (χ4n) is 2.45. The zero-order valence-electron chi connectivity index (χ0n) is 12.3. The zero-order chi connectivity index (χ0) is 14.4. The molecule has 2 aromatic rings. The van der Waals surface area contributed by atoms with Crippen molar-refractivity contribution in [2.75, 3.05) is 13.1 Å². The van der Waals surface area contributed by atoms with Gasteiger partial charge in [-0.1, -0.05) is 67.6 Å². The first-order valence-corrected chi connectivity index (χ1v) is 7.16. The number of aliphatic hydroxyl groups is 1. The van der Waals surface area contributed by atoms with Crippen molar-refractivity contribution in [2.45, 2.75) is 26.0 Å². The Kier molecular flexibility index (Phi) is 4.94. The van der Waals surface area contributed by atoms with Gasteiger partial charge in [-0.15, -0.1) is 0 Å². The SMILES string of the molecule is CCN(Cc1ccccc1)CC(C)(O)c1ccccc1. The third-order valence-electron chi connectivity index (χ3n) is 3.62. The van der Waals surface area contributed by atoms with Gasteiger partial charge in [0.05, 0.1) is 5.60 Å². The second-order valence-electron chi connectivity index (χ2n) is 5.43. The van der Waals surface area contributed by atoms with Crippen LogP contribution in [0.15, 0.2) is 60.7 Å². The van der Waals surface area contributed by atoms with E-state index < -0.39 is 5.60 Å². The highest BCUT2D eigenvalue weighted by atomic mass is 16.3. The molecule has 0 saturated carbocycles. The molecule has 2 aromatic carbocycles. The molecule has 0 aliphatic rings. The summed E-state index contributed by atoms with van der Waals surface area (Å²) in [6.45, 7) is 6.42. The number of likely N-dealkylation sites (N-methyl/N-ethyl adjacent to an activating group) is 1. The molecule has 20 heavy (non-hydrogen) atoms. The Morgan fingerprint density at radius 2 is 1.50 bits per heavy atom. The molecule has 2 nitrogen and oxygen atoms in total. The number of nitrogens with zero attached hydrogens (tertiary/aromatic N) is 1. The summed E-state index contributed by atoms with van der Waals surface area (Å²) in [4.78, 5) is 2.27. The molecule has 0 spiro atoms. The Bertz CT molecular complexity index is 507. The molecule has 1 atom stereocenters. The van der Waals surface area contributed by atoms with Gasteiger partial charge in [-0.3, -0.25) is 4.90 Å². The maximum absolute atomic E-state index is 10.7. The maximum atomic E-state index is 10.7. The molecule has 1 unspecified atom stereocenters. The highest BCUT2D eigenvalue weighted by molar-refractivity contribution is 5.22. The van der Waals surface area contributed by atoms with Gasteiger partial charge in [-0.05, 0) is 24.6 Å². The number of hydrogen-bond acceptors (Lipinski definition) is 2. The van der Waals surface area contributed by atoms with Crippen LogP contribution in [0.25, 0.3) is 0 Å². The minimum Gasteiger partial charge on any atom is -0.384 e. The Balaban J connectivity index is 2.06. The molecule has 0 aromatic heterocycles. The second-order valence-corrected chi connectivity index (χ2v) is 5.43. The Hall–Kier alpha value is -1.64. The summed E-state index contributed by atoms with van der Waals surface area (Å²) in [7, 11) is 0. The van der Waals surface area contributed by atoms with E-state index in [1.165, 1.54) is 5.56 Å². The molecular formula is C18H23NO. The van der Waals surface area contributed by atoms with Crippen LogP contribution in [-0.2, 0) is 12.1 Å². The van der Waals surface area contributed by atoms with Gasteiger partial charge in [0.15, 0.2) is 0 Å². The first kappa shape index (κ1) is 14.8. The predicted molar refractivity (Wildman–Crippen MR) is 83.4 cm³/mol. The maximum Gasteiger partial charge on any atom is 0.0994 e. The van der Waals surface area contributed by atoms with Crippen molar-refractivity contribution in [3.8, 4) is 0 Å². The molecule has 1 N–H and O–H groups in total. The zero-order valence-corrected chi connectivity index (χ0v) is 12.3. The van der Waals surface area contributed by atoms with E-state index in [0.29, 0.717) is 6.54 Å². The van der Waals surface area contributed by atoms with Gasteiger partial charge in [0.2, 0.25) is 0 Å². The van der Waals surface area contributed by atoms with E-state index in [0.717, 1.165) is 18.7 Å². The van der Waals surface area contributed by atoms with Crippen molar-refractivity contribution in [3.63, 3.8) is 0 Å². The third-order valence-corrected chi connectivity index (χ3v) is 3.62. The normalized spacial score (nSPS) is 14.2. The van der Waals surface area contributed by atoms with Gasteiger partial charge in [-0.2, -0.15) is 0 Å². The minimum atomic E-state index is -0.827. The van der Waals surface area contributed by atoms with E-state index in [-0.39, 0.29) is 0 Å². The molecule has 2 heteroatoms. The summed E-state index contributed by atoms with van der Waals surface area (Å²) in [5.74, 6) is 0. The van der Waals surface area contributed by atoms with E-state index in [1.807, 2.05) is 43.3 Å². The highest BCUT2D eigenvalue weighted by Gasteiger charge is 2.25. The molecule has 0 fully saturated rings. The average Bonchev–Trinajstić information content (AvgIpc) is 2.48. The fraction of sp³-hybridized carbons (Fsp3) is 0.333. The molecule has 0 bridgehead atoms. The van der Waals surface area contributed by atoms with Gasteiger partial charge in [-0.25, -0.2) is 0 Å². The van der Waals surface area contributed by atoms with Crippen molar-refractivity contribution < 1.29 is 5.11 Å². The third kappa shape index (κ3) is 3.92. The lowest BCUT2D eigenvalue weighted by Crippen LogP contribution is -2.38. The summed E-state index contributed by atoms with van der Waals surface area (Å²) < 4.78 is 0. The van der Waals surface area contributed by atoms with Crippen LogP contribution in [0.5, 0.6) is 0 Å². The summed E-state index contributed by atoms with van der Waals surface area (Å²) in [5, 5.41) is 10.7. The van der Waals surface area contributed by atoms with Gasteiger partial charge in [0.1, 0.15) is 0 Å². The summed E-state index contributed by atoms with van der Waals surface area (Å²) in [5.41, 5.74) is 1.41. The molecule has 0 aliphatic heterocycles. The van der Waals surface area contributed by atoms with Crippen LogP contribution >= 0.6 is 0 Å². The summed E-state index contributed by atoms with van der Waals surface area (Å²) in [6.07, 6.45) is 0. The van der Waals surface area contributed by atoms with Gasteiger partial charge in [0, 0.05) is 13.1 Å². The Morgan fingerprint density at radius 1 is 0.950 bits per heavy atom. The molecule has 0 aliphatic carbocycles. The largest absolute Gasteiger partial charge is 0.384 e. The average molecular weight is 269 g/mol. The van der Waals surface area contributed by atoms with Crippen molar-refractivity contribution in [1.82, 2.24) is 4.90 Å². The lowest BCUT2D eigenvalue weighted by molar-refractivity contribution is 0.0149. The van der Waals surface area contributed by atoms with E-state index in [9.17, 15) is 5.11 Å². The fourth-order valence-corrected chi connectivity index (χ4v) is 2.45. The topological polar surface area (TPSA) is 23.5 Å². The minimum absolute atomic E-state index is 0.627. The lowest BCUT2D eigenvalue weighted by atomic mass is 9.95. The standard InChI is InChI=1S/C18H23NO/c1-3-19(14-16-10-6-4-7-11-16)15-18(2,20)17-12-8-5-9-13-17/h4-13,20H,3,14-15H2,1-2H3. The molecule has 0 heterocycles. The van der Waals surface area contributed by atoms with Crippen LogP contribution in [0.4, 0.5) is 0 Å². The quantitative estimate of drug-likeness (QED) is 0.868. The van der Waals surface area contributed by atoms with Gasteiger partial charge in [0.25, 0.3) is 0 Å². The van der Waals surface area contributed by atoms with E-state index >= 15 is 0 Å². The van der Waals surface area contributed by atoms with E-state index in [1.54, 1.807) is 0 Å². The summed E-state index contributed by atoms with van der Waals surface area (Å²) >= 11 is 0. The molecule has 0 amide bonds. The van der Waals surface area contributed by atoms with Crippen LogP contribution < -0.4 is 0 Å². The van der Waals surface area contributed by atoms with E-state index in [2.05, 4.69) is 36.1 Å². The van der Waals surface area contributed by atoms with Crippen LogP contribution in [0, 0.1) is 0 Å². The van der Waals surface area contributed by atoms with Crippen LogP contribution in [0.3, 0.4) is 0 Å². The van der Waals surface area contributed by atoms with E-state index in [4.69, 9.17) is 0 Å². The summed E-state index contributed by atoms with van der Waals surface area (Å²) in [6, 6.07) is 20.3. The molecule has 0 saturated heterocycles. The van der Waals surface area contributed by atoms with Crippen molar-refractivity contribution >= 4 is 0 Å². The van der Waals surface area contributed by atoms with Crippen LogP contribution in [-0.4, -0.2) is 23.1 Å². The van der Waals surface area contributed by atoms with Crippen molar-refractivity contribution in [1.29, 1.82) is 0 Å². The first-order chi connectivity index (χ1) is 9.62. The van der Waals surface area contributed by atoms with Crippen LogP contribution in [0.2, 0.25) is 0 Å². The molecular weight excluding hydrogens is 246 g/mol. The second kappa shape index (κ2) is 6.69. The lowest BCUT2D eigenvalue weighted by Gasteiger charge is -2.31. The number of hydrogen-bond donors (Lipinski definition) is 1. The number of benzene rings is 2. The highest BCUT2D eigenvalue weighted by Crippen LogP contribution is 2.22. The molecule has 2 rings (SSSR count).